The van der Waals surface area contributed by atoms with E-state index in [0.717, 1.165) is 43.2 Å². The zero-order chi connectivity index (χ0) is 13.9. The topological polar surface area (TPSA) is 45.5 Å². The molecule has 20 heavy (non-hydrogen) atoms. The van der Waals surface area contributed by atoms with Gasteiger partial charge in [0.05, 0.1) is 6.20 Å². The van der Waals surface area contributed by atoms with Crippen LogP contribution < -0.4 is 10.2 Å². The molecule has 108 valence electrons. The first-order valence-electron chi connectivity index (χ1n) is 7.67. The Balaban J connectivity index is 1.99. The summed E-state index contributed by atoms with van der Waals surface area (Å²) in [6.45, 7) is 6.38. The summed E-state index contributed by atoms with van der Waals surface area (Å²) in [4.78, 5) is 11.7. The summed E-state index contributed by atoms with van der Waals surface area (Å²) in [6.07, 6.45) is 10.7. The molecular weight excluding hydrogens is 250 g/mol. The Morgan fingerprint density at radius 1 is 1.35 bits per heavy atom. The van der Waals surface area contributed by atoms with Crippen molar-refractivity contribution in [2.75, 3.05) is 23.3 Å². The molecule has 2 aromatic heterocycles. The van der Waals surface area contributed by atoms with E-state index in [1.54, 1.807) is 0 Å². The number of anilines is 2. The molecule has 0 saturated heterocycles. The van der Waals surface area contributed by atoms with Crippen molar-refractivity contribution in [3.05, 3.63) is 18.6 Å². The van der Waals surface area contributed by atoms with Crippen molar-refractivity contribution in [3.8, 4) is 0 Å². The molecule has 2 heterocycles. The molecule has 1 saturated carbocycles. The summed E-state index contributed by atoms with van der Waals surface area (Å²) in [5.41, 5.74) is 0.965. The molecule has 0 aliphatic heterocycles. The quantitative estimate of drug-likeness (QED) is 0.842. The molecule has 1 N–H and O–H groups in total. The summed E-state index contributed by atoms with van der Waals surface area (Å²) in [6, 6.07) is 0.657. The lowest BCUT2D eigenvalue weighted by Crippen LogP contribution is -2.28. The van der Waals surface area contributed by atoms with Crippen LogP contribution >= 0.6 is 0 Å². The highest BCUT2D eigenvalue weighted by Crippen LogP contribution is 2.33. The minimum atomic E-state index is 0.657. The predicted molar refractivity (Wildman–Crippen MR) is 82.4 cm³/mol. The van der Waals surface area contributed by atoms with Gasteiger partial charge in [0.1, 0.15) is 5.82 Å². The van der Waals surface area contributed by atoms with Gasteiger partial charge in [0.25, 0.3) is 0 Å². The highest BCUT2D eigenvalue weighted by molar-refractivity contribution is 5.67. The Labute approximate surface area is 120 Å². The van der Waals surface area contributed by atoms with Gasteiger partial charge < -0.3 is 14.6 Å². The van der Waals surface area contributed by atoms with Crippen LogP contribution in [-0.2, 0) is 0 Å². The third kappa shape index (κ3) is 2.57. The Bertz CT molecular complexity index is 573. The van der Waals surface area contributed by atoms with Crippen molar-refractivity contribution in [3.63, 3.8) is 0 Å². The van der Waals surface area contributed by atoms with Crippen molar-refractivity contribution in [2.45, 2.75) is 45.6 Å². The number of hydrogen-bond acceptors (Lipinski definition) is 4. The van der Waals surface area contributed by atoms with E-state index in [4.69, 9.17) is 4.98 Å². The Hall–Kier alpha value is -1.78. The molecule has 1 aliphatic rings. The van der Waals surface area contributed by atoms with E-state index in [-0.39, 0.29) is 0 Å². The lowest BCUT2D eigenvalue weighted by molar-refractivity contribution is 0.750. The number of imidazole rings is 1. The summed E-state index contributed by atoms with van der Waals surface area (Å²) in [7, 11) is 0. The van der Waals surface area contributed by atoms with Crippen LogP contribution in [0.15, 0.2) is 18.6 Å². The average molecular weight is 273 g/mol. The van der Waals surface area contributed by atoms with Crippen LogP contribution in [0.4, 0.5) is 11.6 Å². The van der Waals surface area contributed by atoms with Crippen LogP contribution in [-0.4, -0.2) is 33.5 Å². The highest BCUT2D eigenvalue weighted by Gasteiger charge is 2.31. The number of fused-ring (bicyclic) bond motifs is 1. The Kier molecular flexibility index (Phi) is 3.76. The first-order valence-corrected chi connectivity index (χ1v) is 7.67. The van der Waals surface area contributed by atoms with Crippen molar-refractivity contribution >= 4 is 17.3 Å². The molecule has 1 aliphatic carbocycles. The fourth-order valence-electron chi connectivity index (χ4n) is 2.53. The predicted octanol–water partition coefficient (Wildman–Crippen LogP) is 2.93. The summed E-state index contributed by atoms with van der Waals surface area (Å²) < 4.78 is 2.07. The average Bonchev–Trinajstić information content (AvgIpc) is 3.19. The molecule has 0 atom stereocenters. The van der Waals surface area contributed by atoms with Crippen LogP contribution in [0.3, 0.4) is 0 Å². The Morgan fingerprint density at radius 2 is 2.20 bits per heavy atom. The zero-order valence-corrected chi connectivity index (χ0v) is 12.3. The van der Waals surface area contributed by atoms with Gasteiger partial charge in [-0.2, -0.15) is 0 Å². The molecule has 0 radical (unpaired) electrons. The van der Waals surface area contributed by atoms with Gasteiger partial charge in [-0.25, -0.2) is 9.97 Å². The maximum atomic E-state index is 4.82. The van der Waals surface area contributed by atoms with Crippen molar-refractivity contribution in [2.24, 2.45) is 0 Å². The van der Waals surface area contributed by atoms with Gasteiger partial charge in [0.2, 0.25) is 0 Å². The van der Waals surface area contributed by atoms with Gasteiger partial charge in [0.15, 0.2) is 11.5 Å². The molecule has 0 aromatic carbocycles. The van der Waals surface area contributed by atoms with Crippen molar-refractivity contribution < 1.29 is 0 Å². The summed E-state index contributed by atoms with van der Waals surface area (Å²) in [5.74, 6) is 1.97. The smallest absolute Gasteiger partial charge is 0.180 e. The van der Waals surface area contributed by atoms with E-state index in [9.17, 15) is 0 Å². The lowest BCUT2D eigenvalue weighted by Gasteiger charge is -2.24. The first kappa shape index (κ1) is 13.2. The van der Waals surface area contributed by atoms with Crippen molar-refractivity contribution in [1.29, 1.82) is 0 Å². The normalized spacial score (nSPS) is 14.7. The van der Waals surface area contributed by atoms with Crippen LogP contribution in [0.25, 0.3) is 5.65 Å². The molecule has 0 spiro atoms. The number of nitrogens with zero attached hydrogens (tertiary/aromatic N) is 4. The van der Waals surface area contributed by atoms with Gasteiger partial charge in [-0.05, 0) is 25.7 Å². The molecule has 0 unspecified atom stereocenters. The second kappa shape index (κ2) is 5.69. The molecule has 0 bridgehead atoms. The van der Waals surface area contributed by atoms with Gasteiger partial charge in [-0.1, -0.05) is 13.8 Å². The minimum absolute atomic E-state index is 0.657. The van der Waals surface area contributed by atoms with E-state index >= 15 is 0 Å². The van der Waals surface area contributed by atoms with E-state index in [1.165, 1.54) is 12.8 Å². The van der Waals surface area contributed by atoms with Crippen molar-refractivity contribution in [1.82, 2.24) is 14.4 Å². The largest absolute Gasteiger partial charge is 0.369 e. The minimum Gasteiger partial charge on any atom is -0.369 e. The second-order valence-electron chi connectivity index (χ2n) is 5.46. The number of hydrogen-bond donors (Lipinski definition) is 1. The molecule has 2 aromatic rings. The third-order valence-electron chi connectivity index (χ3n) is 3.64. The van der Waals surface area contributed by atoms with E-state index < -0.39 is 0 Å². The maximum Gasteiger partial charge on any atom is 0.180 e. The van der Waals surface area contributed by atoms with Gasteiger partial charge in [0, 0.05) is 31.5 Å². The van der Waals surface area contributed by atoms with E-state index in [0.29, 0.717) is 6.04 Å². The SMILES string of the molecule is CCCNc1cn2ccnc2c(N(CCC)C2CC2)n1. The molecule has 5 heteroatoms. The third-order valence-corrected chi connectivity index (χ3v) is 3.64. The number of rotatable bonds is 7. The standard InChI is InChI=1S/C15H23N5/c1-3-7-16-13-11-19-10-8-17-14(19)15(18-13)20(9-4-2)12-5-6-12/h8,10-12,16H,3-7,9H2,1-2H3. The molecule has 1 fully saturated rings. The lowest BCUT2D eigenvalue weighted by atomic mass is 10.3. The van der Waals surface area contributed by atoms with Gasteiger partial charge in [-0.15, -0.1) is 0 Å². The summed E-state index contributed by atoms with van der Waals surface area (Å²) in [5, 5.41) is 3.39. The second-order valence-corrected chi connectivity index (χ2v) is 5.46. The first-order chi connectivity index (χ1) is 9.83. The fourth-order valence-corrected chi connectivity index (χ4v) is 2.53. The van der Waals surface area contributed by atoms with Crippen LogP contribution in [0.2, 0.25) is 0 Å². The molecule has 3 rings (SSSR count). The van der Waals surface area contributed by atoms with Crippen LogP contribution in [0.5, 0.6) is 0 Å². The molecule has 5 nitrogen and oxygen atoms in total. The zero-order valence-electron chi connectivity index (χ0n) is 12.3. The fraction of sp³-hybridized carbons (Fsp3) is 0.600. The molecule has 0 amide bonds. The van der Waals surface area contributed by atoms with Crippen LogP contribution in [0, 0.1) is 0 Å². The highest BCUT2D eigenvalue weighted by atomic mass is 15.3. The van der Waals surface area contributed by atoms with Gasteiger partial charge in [-0.3, -0.25) is 0 Å². The van der Waals surface area contributed by atoms with Crippen LogP contribution in [0.1, 0.15) is 39.5 Å². The Morgan fingerprint density at radius 3 is 2.90 bits per heavy atom. The summed E-state index contributed by atoms with van der Waals surface area (Å²) >= 11 is 0. The molecular formula is C15H23N5. The maximum absolute atomic E-state index is 4.82. The number of aromatic nitrogens is 3. The monoisotopic (exact) mass is 273 g/mol. The number of nitrogens with one attached hydrogen (secondary N) is 1. The van der Waals surface area contributed by atoms with E-state index in [2.05, 4.69) is 33.4 Å². The van der Waals surface area contributed by atoms with E-state index in [1.807, 2.05) is 18.6 Å². The van der Waals surface area contributed by atoms with Gasteiger partial charge >= 0.3 is 0 Å².